The van der Waals surface area contributed by atoms with Crippen molar-refractivity contribution in [1.82, 2.24) is 15.5 Å². The van der Waals surface area contributed by atoms with E-state index in [0.717, 1.165) is 19.4 Å². The summed E-state index contributed by atoms with van der Waals surface area (Å²) in [4.78, 5) is 15.9. The van der Waals surface area contributed by atoms with E-state index in [1.807, 2.05) is 0 Å². The van der Waals surface area contributed by atoms with Crippen molar-refractivity contribution in [2.75, 3.05) is 13.2 Å². The third kappa shape index (κ3) is 2.88. The zero-order valence-corrected chi connectivity index (χ0v) is 10.9. The van der Waals surface area contributed by atoms with Gasteiger partial charge in [-0.1, -0.05) is 5.16 Å². The Hall–Kier alpha value is -2.15. The van der Waals surface area contributed by atoms with Gasteiger partial charge in [0.05, 0.1) is 11.8 Å². The van der Waals surface area contributed by atoms with E-state index < -0.39 is 0 Å². The fourth-order valence-corrected chi connectivity index (χ4v) is 2.06. The lowest BCUT2D eigenvalue weighted by atomic mass is 10.2. The third-order valence-corrected chi connectivity index (χ3v) is 3.11. The van der Waals surface area contributed by atoms with Crippen molar-refractivity contribution in [1.29, 1.82) is 0 Å². The van der Waals surface area contributed by atoms with Gasteiger partial charge >= 0.3 is 0 Å². The second-order valence-corrected chi connectivity index (χ2v) is 4.57. The molecule has 0 aliphatic carbocycles. The molecule has 0 spiro atoms. The molecule has 3 rings (SSSR count). The quantitative estimate of drug-likeness (QED) is 0.890. The van der Waals surface area contributed by atoms with Gasteiger partial charge in [0.15, 0.2) is 5.82 Å². The van der Waals surface area contributed by atoms with Crippen LogP contribution in [0.3, 0.4) is 0 Å². The van der Waals surface area contributed by atoms with Crippen LogP contribution < -0.4 is 5.32 Å². The zero-order chi connectivity index (χ0) is 13.8. The molecule has 20 heavy (non-hydrogen) atoms. The molecular weight excluding hydrogens is 262 g/mol. The number of rotatable bonds is 5. The van der Waals surface area contributed by atoms with Crippen LogP contribution in [0.15, 0.2) is 27.5 Å². The standard InChI is InChI=1S/C13H15N3O4/c17-12(9-4-7-18-8-9)14-5-3-11-15-13(20-16-11)10-2-1-6-19-10/h4,7-8,10H,1-3,5-6H2,(H,14,17)/t10-/m0/s1. The van der Waals surface area contributed by atoms with Crippen LogP contribution >= 0.6 is 0 Å². The minimum atomic E-state index is -0.179. The fraction of sp³-hybridized carbons (Fsp3) is 0.462. The maximum atomic E-state index is 11.7. The number of hydrogen-bond donors (Lipinski definition) is 1. The van der Waals surface area contributed by atoms with Gasteiger partial charge in [-0.05, 0) is 18.9 Å². The lowest BCUT2D eigenvalue weighted by molar-refractivity contribution is 0.0835. The molecule has 0 aromatic carbocycles. The summed E-state index contributed by atoms with van der Waals surface area (Å²) in [5, 5.41) is 6.64. The predicted molar refractivity (Wildman–Crippen MR) is 67.0 cm³/mol. The molecule has 0 unspecified atom stereocenters. The lowest BCUT2D eigenvalue weighted by Gasteiger charge is -2.01. The zero-order valence-electron chi connectivity index (χ0n) is 10.9. The van der Waals surface area contributed by atoms with Crippen LogP contribution in [0.2, 0.25) is 0 Å². The van der Waals surface area contributed by atoms with E-state index >= 15 is 0 Å². The van der Waals surface area contributed by atoms with Gasteiger partial charge in [0, 0.05) is 19.6 Å². The summed E-state index contributed by atoms with van der Waals surface area (Å²) in [6.07, 6.45) is 5.24. The molecule has 1 aliphatic rings. The topological polar surface area (TPSA) is 90.4 Å². The molecule has 2 aromatic rings. The molecule has 7 nitrogen and oxygen atoms in total. The maximum Gasteiger partial charge on any atom is 0.255 e. The Balaban J connectivity index is 1.48. The van der Waals surface area contributed by atoms with E-state index in [1.54, 1.807) is 6.07 Å². The van der Waals surface area contributed by atoms with Crippen LogP contribution in [0.25, 0.3) is 0 Å². The van der Waals surface area contributed by atoms with Crippen molar-refractivity contribution in [3.05, 3.63) is 35.9 Å². The van der Waals surface area contributed by atoms with E-state index in [0.29, 0.717) is 30.2 Å². The molecule has 1 aliphatic heterocycles. The number of amides is 1. The van der Waals surface area contributed by atoms with Crippen molar-refractivity contribution in [2.24, 2.45) is 0 Å². The summed E-state index contributed by atoms with van der Waals surface area (Å²) in [7, 11) is 0. The summed E-state index contributed by atoms with van der Waals surface area (Å²) >= 11 is 0. The van der Waals surface area contributed by atoms with Crippen LogP contribution in [0, 0.1) is 0 Å². The summed E-state index contributed by atoms with van der Waals surface area (Å²) in [6, 6.07) is 1.61. The number of carbonyl (C=O) groups is 1. The number of carbonyl (C=O) groups excluding carboxylic acids is 1. The van der Waals surface area contributed by atoms with Gasteiger partial charge in [0.2, 0.25) is 0 Å². The molecule has 106 valence electrons. The van der Waals surface area contributed by atoms with Crippen molar-refractivity contribution in [3.63, 3.8) is 0 Å². The van der Waals surface area contributed by atoms with E-state index in [-0.39, 0.29) is 12.0 Å². The second kappa shape index (κ2) is 5.87. The smallest absolute Gasteiger partial charge is 0.255 e. The maximum absolute atomic E-state index is 11.7. The van der Waals surface area contributed by atoms with Gasteiger partial charge in [-0.25, -0.2) is 0 Å². The average Bonchev–Trinajstić information content (AvgIpc) is 3.20. The highest BCUT2D eigenvalue weighted by Gasteiger charge is 2.23. The molecule has 2 aromatic heterocycles. The summed E-state index contributed by atoms with van der Waals surface area (Å²) in [5.41, 5.74) is 0.498. The Morgan fingerprint density at radius 2 is 2.45 bits per heavy atom. The number of aromatic nitrogens is 2. The van der Waals surface area contributed by atoms with Crippen molar-refractivity contribution in [3.8, 4) is 0 Å². The van der Waals surface area contributed by atoms with Gasteiger partial charge in [-0.3, -0.25) is 4.79 Å². The highest BCUT2D eigenvalue weighted by atomic mass is 16.5. The highest BCUT2D eigenvalue weighted by Crippen LogP contribution is 2.26. The van der Waals surface area contributed by atoms with Gasteiger partial charge in [-0.2, -0.15) is 4.98 Å². The van der Waals surface area contributed by atoms with Gasteiger partial charge in [0.25, 0.3) is 11.8 Å². The van der Waals surface area contributed by atoms with Crippen LogP contribution in [0.5, 0.6) is 0 Å². The first-order valence-electron chi connectivity index (χ1n) is 6.57. The molecule has 7 heteroatoms. The van der Waals surface area contributed by atoms with E-state index in [4.69, 9.17) is 13.7 Å². The number of ether oxygens (including phenoxy) is 1. The first kappa shape index (κ1) is 12.9. The molecule has 1 saturated heterocycles. The van der Waals surface area contributed by atoms with Gasteiger partial charge in [-0.15, -0.1) is 0 Å². The Kier molecular flexibility index (Phi) is 3.78. The monoisotopic (exact) mass is 277 g/mol. The van der Waals surface area contributed by atoms with Crippen LogP contribution in [-0.4, -0.2) is 29.2 Å². The Bertz CT molecular complexity index is 558. The number of nitrogens with one attached hydrogen (secondary N) is 1. The molecular formula is C13H15N3O4. The van der Waals surface area contributed by atoms with Gasteiger partial charge < -0.3 is 19.0 Å². The van der Waals surface area contributed by atoms with Crippen molar-refractivity contribution < 1.29 is 18.5 Å². The fourth-order valence-electron chi connectivity index (χ4n) is 2.06. The highest BCUT2D eigenvalue weighted by molar-refractivity contribution is 5.93. The largest absolute Gasteiger partial charge is 0.472 e. The SMILES string of the molecule is O=C(NCCc1noc([C@@H]2CCCO2)n1)c1ccoc1. The Labute approximate surface area is 115 Å². The minimum Gasteiger partial charge on any atom is -0.472 e. The Morgan fingerprint density at radius 3 is 3.20 bits per heavy atom. The van der Waals surface area contributed by atoms with E-state index in [2.05, 4.69) is 15.5 Å². The van der Waals surface area contributed by atoms with Crippen molar-refractivity contribution >= 4 is 5.91 Å². The van der Waals surface area contributed by atoms with Crippen LogP contribution in [-0.2, 0) is 11.2 Å². The summed E-state index contributed by atoms with van der Waals surface area (Å²) < 4.78 is 15.5. The molecule has 0 radical (unpaired) electrons. The molecule has 1 atom stereocenters. The number of nitrogens with zero attached hydrogens (tertiary/aromatic N) is 2. The first-order chi connectivity index (χ1) is 9.83. The van der Waals surface area contributed by atoms with Crippen LogP contribution in [0.4, 0.5) is 0 Å². The van der Waals surface area contributed by atoms with Gasteiger partial charge in [0.1, 0.15) is 12.4 Å². The number of furan rings is 1. The van der Waals surface area contributed by atoms with E-state index in [9.17, 15) is 4.79 Å². The normalized spacial score (nSPS) is 18.3. The first-order valence-corrected chi connectivity index (χ1v) is 6.57. The van der Waals surface area contributed by atoms with E-state index in [1.165, 1.54) is 12.5 Å². The van der Waals surface area contributed by atoms with Crippen LogP contribution in [0.1, 0.15) is 41.0 Å². The minimum absolute atomic E-state index is 0.0724. The molecule has 0 bridgehead atoms. The summed E-state index contributed by atoms with van der Waals surface area (Å²) in [5.74, 6) is 0.920. The summed E-state index contributed by atoms with van der Waals surface area (Å²) in [6.45, 7) is 1.18. The third-order valence-electron chi connectivity index (χ3n) is 3.11. The second-order valence-electron chi connectivity index (χ2n) is 4.57. The van der Waals surface area contributed by atoms with Crippen molar-refractivity contribution in [2.45, 2.75) is 25.4 Å². The molecule has 0 saturated carbocycles. The molecule has 1 amide bonds. The average molecular weight is 277 g/mol. The Morgan fingerprint density at radius 1 is 1.50 bits per heavy atom. The predicted octanol–water partition coefficient (Wildman–Crippen LogP) is 1.49. The number of hydrogen-bond acceptors (Lipinski definition) is 6. The lowest BCUT2D eigenvalue weighted by Crippen LogP contribution is -2.25. The molecule has 1 N–H and O–H groups in total. The molecule has 1 fully saturated rings. The molecule has 3 heterocycles.